The Morgan fingerprint density at radius 3 is 2.89 bits per heavy atom. The van der Waals surface area contributed by atoms with Gasteiger partial charge in [0.25, 0.3) is 5.91 Å². The first-order valence-electron chi connectivity index (χ1n) is 8.10. The fourth-order valence-corrected chi connectivity index (χ4v) is 4.16. The Hall–Kier alpha value is -2.01. The summed E-state index contributed by atoms with van der Waals surface area (Å²) in [5, 5.41) is -0.269. The summed E-state index contributed by atoms with van der Waals surface area (Å²) in [7, 11) is -2.02. The molecule has 0 saturated carbocycles. The molecular formula is C16H18ClFN4O4S. The number of carbonyl (C=O) groups is 1. The Labute approximate surface area is 160 Å². The zero-order valence-electron chi connectivity index (χ0n) is 14.4. The molecule has 0 spiro atoms. The summed E-state index contributed by atoms with van der Waals surface area (Å²) in [5.74, 6) is -2.24. The fourth-order valence-electron chi connectivity index (χ4n) is 2.72. The minimum Gasteiger partial charge on any atom is -0.381 e. The molecule has 1 fully saturated rings. The Morgan fingerprint density at radius 2 is 2.26 bits per heavy atom. The molecule has 0 aliphatic carbocycles. The van der Waals surface area contributed by atoms with Gasteiger partial charge in [0.05, 0.1) is 35.0 Å². The lowest BCUT2D eigenvalue weighted by atomic mass is 10.1. The first-order chi connectivity index (χ1) is 12.7. The zero-order valence-corrected chi connectivity index (χ0v) is 16.0. The maximum atomic E-state index is 14.3. The monoisotopic (exact) mass is 416 g/mol. The highest BCUT2D eigenvalue weighted by molar-refractivity contribution is 7.89. The molecule has 1 aliphatic heterocycles. The molecule has 27 heavy (non-hydrogen) atoms. The highest BCUT2D eigenvalue weighted by Gasteiger charge is 2.24. The number of ether oxygens (including phenoxy) is 1. The van der Waals surface area contributed by atoms with Crippen LogP contribution in [0.5, 0.6) is 0 Å². The number of aromatic nitrogens is 2. The van der Waals surface area contributed by atoms with Gasteiger partial charge in [-0.05, 0) is 24.5 Å². The number of halogens is 2. The van der Waals surface area contributed by atoms with Crippen molar-refractivity contribution in [3.8, 4) is 11.3 Å². The summed E-state index contributed by atoms with van der Waals surface area (Å²) >= 11 is 5.88. The number of hydrogen-bond donors (Lipinski definition) is 2. The quantitative estimate of drug-likeness (QED) is 0.694. The lowest BCUT2D eigenvalue weighted by molar-refractivity contribution is 0.0941. The van der Waals surface area contributed by atoms with Gasteiger partial charge in [0.2, 0.25) is 10.0 Å². The number of amides is 1. The van der Waals surface area contributed by atoms with E-state index in [1.165, 1.54) is 12.1 Å². The topological polar surface area (TPSA) is 102 Å². The number of hydrazine groups is 1. The molecule has 2 N–H and O–H groups in total. The maximum Gasteiger partial charge on any atom is 0.269 e. The first-order valence-corrected chi connectivity index (χ1v) is 10.1. The maximum absolute atomic E-state index is 14.3. The molecular weight excluding hydrogens is 399 g/mol. The van der Waals surface area contributed by atoms with Crippen LogP contribution in [0.2, 0.25) is 5.02 Å². The van der Waals surface area contributed by atoms with Crippen LogP contribution in [-0.4, -0.2) is 42.8 Å². The van der Waals surface area contributed by atoms with Crippen LogP contribution in [0.15, 0.2) is 24.7 Å². The largest absolute Gasteiger partial charge is 0.381 e. The third-order valence-electron chi connectivity index (χ3n) is 4.07. The van der Waals surface area contributed by atoms with E-state index >= 15 is 0 Å². The molecule has 1 aromatic heterocycles. The van der Waals surface area contributed by atoms with Crippen molar-refractivity contribution >= 4 is 27.5 Å². The van der Waals surface area contributed by atoms with E-state index in [9.17, 15) is 17.6 Å². The number of carbonyl (C=O) groups excluding carboxylic acids is 1. The SMILES string of the molecule is Cn1cnc(-c2cc(Cl)c(F)c(C(=O)NNS(=O)(=O)C[C@@H]3CCOC3)c2)c1. The van der Waals surface area contributed by atoms with Crippen molar-refractivity contribution in [1.82, 2.24) is 19.8 Å². The van der Waals surface area contributed by atoms with Crippen molar-refractivity contribution in [2.75, 3.05) is 19.0 Å². The number of benzene rings is 1. The van der Waals surface area contributed by atoms with Gasteiger partial charge >= 0.3 is 0 Å². The number of nitrogens with zero attached hydrogens (tertiary/aromatic N) is 2. The molecule has 11 heteroatoms. The van der Waals surface area contributed by atoms with Crippen molar-refractivity contribution in [3.05, 3.63) is 41.1 Å². The van der Waals surface area contributed by atoms with Crippen LogP contribution >= 0.6 is 11.6 Å². The number of nitrogens with one attached hydrogen (secondary N) is 2. The van der Waals surface area contributed by atoms with Crippen LogP contribution in [0.3, 0.4) is 0 Å². The number of aryl methyl sites for hydroxylation is 1. The molecule has 2 aromatic rings. The van der Waals surface area contributed by atoms with E-state index in [1.54, 1.807) is 24.1 Å². The Kier molecular flexibility index (Phi) is 5.80. The summed E-state index contributed by atoms with van der Waals surface area (Å²) in [6.45, 7) is 0.863. The van der Waals surface area contributed by atoms with E-state index in [0.717, 1.165) is 0 Å². The first kappa shape index (κ1) is 19.7. The fraction of sp³-hybridized carbons (Fsp3) is 0.375. The second-order valence-corrected chi connectivity index (χ2v) is 8.49. The van der Waals surface area contributed by atoms with E-state index in [-0.39, 0.29) is 16.7 Å². The minimum absolute atomic E-state index is 0.141. The van der Waals surface area contributed by atoms with Crippen LogP contribution < -0.4 is 10.3 Å². The van der Waals surface area contributed by atoms with Crippen molar-refractivity contribution < 1.29 is 22.3 Å². The van der Waals surface area contributed by atoms with Gasteiger partial charge in [-0.15, -0.1) is 4.83 Å². The predicted molar refractivity (Wildman–Crippen MR) is 96.9 cm³/mol. The third kappa shape index (κ3) is 4.83. The molecule has 146 valence electrons. The highest BCUT2D eigenvalue weighted by Crippen LogP contribution is 2.27. The Bertz CT molecular complexity index is 957. The predicted octanol–water partition coefficient (Wildman–Crippen LogP) is 1.48. The van der Waals surface area contributed by atoms with Gasteiger partial charge in [0.1, 0.15) is 0 Å². The minimum atomic E-state index is -3.78. The van der Waals surface area contributed by atoms with Gasteiger partial charge in [-0.2, -0.15) is 0 Å². The second-order valence-electron chi connectivity index (χ2n) is 6.31. The molecule has 1 saturated heterocycles. The highest BCUT2D eigenvalue weighted by atomic mass is 35.5. The summed E-state index contributed by atoms with van der Waals surface area (Å²) in [4.78, 5) is 18.4. The average Bonchev–Trinajstić information content (AvgIpc) is 3.26. The van der Waals surface area contributed by atoms with Crippen LogP contribution in [0.25, 0.3) is 11.3 Å². The second kappa shape index (κ2) is 7.93. The molecule has 2 heterocycles. The lowest BCUT2D eigenvalue weighted by Crippen LogP contribution is -2.44. The van der Waals surface area contributed by atoms with E-state index in [2.05, 4.69) is 4.98 Å². The van der Waals surface area contributed by atoms with Crippen LogP contribution in [0, 0.1) is 11.7 Å². The van der Waals surface area contributed by atoms with Crippen molar-refractivity contribution in [1.29, 1.82) is 0 Å². The average molecular weight is 417 g/mol. The lowest BCUT2D eigenvalue weighted by Gasteiger charge is -2.12. The van der Waals surface area contributed by atoms with Gasteiger partial charge in [0.15, 0.2) is 5.82 Å². The van der Waals surface area contributed by atoms with Crippen molar-refractivity contribution in [2.45, 2.75) is 6.42 Å². The summed E-state index contributed by atoms with van der Waals surface area (Å²) in [5.41, 5.74) is 2.55. The van der Waals surface area contributed by atoms with Crippen LogP contribution in [0.1, 0.15) is 16.8 Å². The normalized spacial score (nSPS) is 17.2. The molecule has 0 radical (unpaired) electrons. The number of rotatable bonds is 6. The third-order valence-corrected chi connectivity index (χ3v) is 5.67. The molecule has 0 bridgehead atoms. The van der Waals surface area contributed by atoms with Crippen molar-refractivity contribution in [3.63, 3.8) is 0 Å². The van der Waals surface area contributed by atoms with Gasteiger partial charge in [-0.3, -0.25) is 10.2 Å². The van der Waals surface area contributed by atoms with E-state index < -0.39 is 27.3 Å². The summed E-state index contributed by atoms with van der Waals surface area (Å²) < 4.78 is 45.2. The van der Waals surface area contributed by atoms with Crippen LogP contribution in [-0.2, 0) is 21.8 Å². The van der Waals surface area contributed by atoms with E-state index in [1.807, 2.05) is 10.3 Å². The van der Waals surface area contributed by atoms with E-state index in [0.29, 0.717) is 30.9 Å². The molecule has 8 nitrogen and oxygen atoms in total. The van der Waals surface area contributed by atoms with Crippen molar-refractivity contribution in [2.24, 2.45) is 13.0 Å². The molecule has 1 aromatic carbocycles. The van der Waals surface area contributed by atoms with Gasteiger partial charge in [0, 0.05) is 25.4 Å². The van der Waals surface area contributed by atoms with Gasteiger partial charge < -0.3 is 9.30 Å². The Morgan fingerprint density at radius 1 is 1.48 bits per heavy atom. The van der Waals surface area contributed by atoms with E-state index in [4.69, 9.17) is 16.3 Å². The molecule has 1 aliphatic rings. The number of sulfonamides is 1. The smallest absolute Gasteiger partial charge is 0.269 e. The molecule has 1 amide bonds. The molecule has 3 rings (SSSR count). The number of imidazole rings is 1. The summed E-state index contributed by atoms with van der Waals surface area (Å²) in [6.07, 6.45) is 3.86. The van der Waals surface area contributed by atoms with Crippen LogP contribution in [0.4, 0.5) is 4.39 Å². The zero-order chi connectivity index (χ0) is 19.6. The Balaban J connectivity index is 1.74. The molecule has 0 unspecified atom stereocenters. The summed E-state index contributed by atoms with van der Waals surface area (Å²) in [6, 6.07) is 2.61. The molecule has 1 atom stereocenters. The van der Waals surface area contributed by atoms with Gasteiger partial charge in [-0.1, -0.05) is 11.6 Å². The van der Waals surface area contributed by atoms with Gasteiger partial charge in [-0.25, -0.2) is 17.8 Å². The standard InChI is InChI=1S/C16H18ClFN4O4S/c1-22-6-14(19-9-22)11-4-12(15(18)13(17)5-11)16(23)20-21-27(24,25)8-10-2-3-26-7-10/h4-6,9-10,21H,2-3,7-8H2,1H3,(H,20,23)/t10-/m1/s1. The number of hydrogen-bond acceptors (Lipinski definition) is 5.